The summed E-state index contributed by atoms with van der Waals surface area (Å²) < 4.78 is 5.15. The Kier molecular flexibility index (Phi) is 6.58. The molecular weight excluding hydrogens is 420 g/mol. The Morgan fingerprint density at radius 2 is 1.76 bits per heavy atom. The summed E-state index contributed by atoms with van der Waals surface area (Å²) in [7, 11) is 0. The predicted molar refractivity (Wildman–Crippen MR) is 124 cm³/mol. The van der Waals surface area contributed by atoms with Crippen LogP contribution in [0, 0.1) is 17.8 Å². The first-order valence-electron chi connectivity index (χ1n) is 11.4. The zero-order valence-electron chi connectivity index (χ0n) is 18.9. The molecule has 1 aliphatic heterocycles. The summed E-state index contributed by atoms with van der Waals surface area (Å²) >= 11 is 0. The number of hydrogen-bond donors (Lipinski definition) is 1. The highest BCUT2D eigenvalue weighted by atomic mass is 16.5. The Morgan fingerprint density at radius 1 is 1.03 bits per heavy atom. The van der Waals surface area contributed by atoms with Crippen LogP contribution in [0.2, 0.25) is 0 Å². The fourth-order valence-electron chi connectivity index (χ4n) is 4.65. The van der Waals surface area contributed by atoms with Crippen molar-refractivity contribution in [3.63, 3.8) is 0 Å². The van der Waals surface area contributed by atoms with E-state index in [2.05, 4.69) is 12.2 Å². The number of hydrogen-bond acceptors (Lipinski definition) is 5. The van der Waals surface area contributed by atoms with E-state index in [1.807, 2.05) is 19.1 Å². The first-order valence-corrected chi connectivity index (χ1v) is 11.4. The molecule has 0 bridgehead atoms. The molecule has 3 atom stereocenters. The van der Waals surface area contributed by atoms with Crippen molar-refractivity contribution in [2.24, 2.45) is 17.8 Å². The number of esters is 1. The standard InChI is InChI=1S/C26H28N2O5/c1-3-17-8-10-19(11-9-17)27-23(29)15-33-26(32)18-5-4-6-20(14-18)28-24(30)21-12-7-16(2)13-22(21)25(28)31/h4-6,8-11,14,16,21-22H,3,7,12-13,15H2,1-2H3,(H,27,29)/t16-,21-,22+/m1/s1. The van der Waals surface area contributed by atoms with Gasteiger partial charge >= 0.3 is 5.97 Å². The topological polar surface area (TPSA) is 92.8 Å². The molecule has 4 rings (SSSR count). The van der Waals surface area contributed by atoms with E-state index in [0.29, 0.717) is 30.1 Å². The third-order valence-electron chi connectivity index (χ3n) is 6.51. The summed E-state index contributed by atoms with van der Waals surface area (Å²) in [6.45, 7) is 3.71. The molecule has 7 nitrogen and oxygen atoms in total. The van der Waals surface area contributed by atoms with Crippen molar-refractivity contribution in [3.05, 3.63) is 59.7 Å². The summed E-state index contributed by atoms with van der Waals surface area (Å²) in [4.78, 5) is 51.7. The van der Waals surface area contributed by atoms with Gasteiger partial charge in [-0.3, -0.25) is 19.3 Å². The Labute approximate surface area is 193 Å². The van der Waals surface area contributed by atoms with Crippen LogP contribution in [0.25, 0.3) is 0 Å². The van der Waals surface area contributed by atoms with Gasteiger partial charge in [-0.2, -0.15) is 0 Å². The molecule has 1 aliphatic carbocycles. The number of anilines is 2. The molecule has 1 saturated heterocycles. The summed E-state index contributed by atoms with van der Waals surface area (Å²) in [5.74, 6) is -1.69. The molecule has 0 spiro atoms. The second-order valence-electron chi connectivity index (χ2n) is 8.87. The number of fused-ring (bicyclic) bond motifs is 1. The summed E-state index contributed by atoms with van der Waals surface area (Å²) in [6.07, 6.45) is 3.26. The van der Waals surface area contributed by atoms with Crippen molar-refractivity contribution < 1.29 is 23.9 Å². The van der Waals surface area contributed by atoms with E-state index in [4.69, 9.17) is 4.74 Å². The van der Waals surface area contributed by atoms with Gasteiger partial charge in [0.25, 0.3) is 5.91 Å². The molecule has 1 heterocycles. The quantitative estimate of drug-likeness (QED) is 0.533. The lowest BCUT2D eigenvalue weighted by atomic mass is 9.76. The number of nitrogens with zero attached hydrogens (tertiary/aromatic N) is 1. The van der Waals surface area contributed by atoms with Crippen molar-refractivity contribution in [2.45, 2.75) is 39.5 Å². The molecule has 7 heteroatoms. The number of carbonyl (C=O) groups excluding carboxylic acids is 4. The van der Waals surface area contributed by atoms with Crippen molar-refractivity contribution in [3.8, 4) is 0 Å². The lowest BCUT2D eigenvalue weighted by molar-refractivity contribution is -0.122. The van der Waals surface area contributed by atoms with E-state index < -0.39 is 18.5 Å². The molecular formula is C26H28N2O5. The minimum atomic E-state index is -0.696. The van der Waals surface area contributed by atoms with E-state index in [1.54, 1.807) is 24.3 Å². The van der Waals surface area contributed by atoms with Crippen LogP contribution in [0.15, 0.2) is 48.5 Å². The van der Waals surface area contributed by atoms with Gasteiger partial charge in [-0.05, 0) is 67.5 Å². The van der Waals surface area contributed by atoms with Crippen molar-refractivity contribution in [2.75, 3.05) is 16.8 Å². The lowest BCUT2D eigenvalue weighted by Crippen LogP contribution is -2.31. The zero-order valence-corrected chi connectivity index (χ0v) is 18.9. The monoisotopic (exact) mass is 448 g/mol. The number of imide groups is 1. The summed E-state index contributed by atoms with van der Waals surface area (Å²) in [5.41, 5.74) is 2.32. The second-order valence-corrected chi connectivity index (χ2v) is 8.87. The number of benzene rings is 2. The van der Waals surface area contributed by atoms with Crippen LogP contribution in [-0.4, -0.2) is 30.3 Å². The maximum absolute atomic E-state index is 12.9. The highest BCUT2D eigenvalue weighted by molar-refractivity contribution is 6.22. The smallest absolute Gasteiger partial charge is 0.338 e. The molecule has 0 unspecified atom stereocenters. The van der Waals surface area contributed by atoms with Gasteiger partial charge in [0, 0.05) is 5.69 Å². The SMILES string of the molecule is CCc1ccc(NC(=O)COC(=O)c2cccc(N3C(=O)[C@H]4C[C@H](C)CC[C@H]4C3=O)c2)cc1. The highest BCUT2D eigenvalue weighted by Gasteiger charge is 2.50. The summed E-state index contributed by atoms with van der Waals surface area (Å²) in [6, 6.07) is 13.7. The van der Waals surface area contributed by atoms with Crippen molar-refractivity contribution in [1.29, 1.82) is 0 Å². The van der Waals surface area contributed by atoms with Gasteiger partial charge in [-0.1, -0.05) is 32.0 Å². The van der Waals surface area contributed by atoms with Crippen LogP contribution in [0.4, 0.5) is 11.4 Å². The molecule has 2 aromatic carbocycles. The third-order valence-corrected chi connectivity index (χ3v) is 6.51. The first-order chi connectivity index (χ1) is 15.9. The third kappa shape index (κ3) is 4.82. The average molecular weight is 449 g/mol. The number of amides is 3. The van der Waals surface area contributed by atoms with Crippen LogP contribution in [-0.2, 0) is 25.5 Å². The Bertz CT molecular complexity index is 1080. The first kappa shape index (κ1) is 22.7. The minimum Gasteiger partial charge on any atom is -0.452 e. The molecule has 2 fully saturated rings. The van der Waals surface area contributed by atoms with Gasteiger partial charge in [0.1, 0.15) is 0 Å². The van der Waals surface area contributed by atoms with Gasteiger partial charge in [0.15, 0.2) is 6.61 Å². The molecule has 0 radical (unpaired) electrons. The average Bonchev–Trinajstić information content (AvgIpc) is 3.07. The summed E-state index contributed by atoms with van der Waals surface area (Å²) in [5, 5.41) is 2.69. The van der Waals surface area contributed by atoms with E-state index in [9.17, 15) is 19.2 Å². The number of carbonyl (C=O) groups is 4. The van der Waals surface area contributed by atoms with Crippen molar-refractivity contribution >= 4 is 35.1 Å². The molecule has 0 aromatic heterocycles. The number of aryl methyl sites for hydroxylation is 1. The van der Waals surface area contributed by atoms with Gasteiger partial charge < -0.3 is 10.1 Å². The Balaban J connectivity index is 1.39. The minimum absolute atomic E-state index is 0.177. The maximum Gasteiger partial charge on any atom is 0.338 e. The molecule has 2 aromatic rings. The van der Waals surface area contributed by atoms with E-state index >= 15 is 0 Å². The predicted octanol–water partition coefficient (Wildman–Crippen LogP) is 3.97. The number of nitrogens with one attached hydrogen (secondary N) is 1. The van der Waals surface area contributed by atoms with Gasteiger partial charge in [0.05, 0.1) is 23.1 Å². The van der Waals surface area contributed by atoms with Gasteiger partial charge in [-0.15, -0.1) is 0 Å². The fourth-order valence-corrected chi connectivity index (χ4v) is 4.65. The van der Waals surface area contributed by atoms with Crippen molar-refractivity contribution in [1.82, 2.24) is 0 Å². The Morgan fingerprint density at radius 3 is 2.48 bits per heavy atom. The number of ether oxygens (including phenoxy) is 1. The normalized spacial score (nSPS) is 22.1. The number of rotatable bonds is 6. The van der Waals surface area contributed by atoms with Crippen LogP contribution in [0.1, 0.15) is 49.0 Å². The zero-order chi connectivity index (χ0) is 23.5. The highest BCUT2D eigenvalue weighted by Crippen LogP contribution is 2.42. The molecule has 172 valence electrons. The van der Waals surface area contributed by atoms with Crippen LogP contribution >= 0.6 is 0 Å². The van der Waals surface area contributed by atoms with Crippen LogP contribution in [0.3, 0.4) is 0 Å². The maximum atomic E-state index is 12.9. The van der Waals surface area contributed by atoms with E-state index in [-0.39, 0.29) is 29.2 Å². The molecule has 33 heavy (non-hydrogen) atoms. The largest absolute Gasteiger partial charge is 0.452 e. The molecule has 3 amide bonds. The van der Waals surface area contributed by atoms with E-state index in [0.717, 1.165) is 18.4 Å². The molecule has 2 aliphatic rings. The van der Waals surface area contributed by atoms with E-state index in [1.165, 1.54) is 17.0 Å². The van der Waals surface area contributed by atoms with Gasteiger partial charge in [0.2, 0.25) is 11.8 Å². The van der Waals surface area contributed by atoms with Crippen LogP contribution < -0.4 is 10.2 Å². The fraction of sp³-hybridized carbons (Fsp3) is 0.385. The van der Waals surface area contributed by atoms with Gasteiger partial charge in [-0.25, -0.2) is 4.79 Å². The Hall–Kier alpha value is -3.48. The van der Waals surface area contributed by atoms with Crippen LogP contribution in [0.5, 0.6) is 0 Å². The molecule has 1 N–H and O–H groups in total. The second kappa shape index (κ2) is 9.57. The lowest BCUT2D eigenvalue weighted by Gasteiger charge is -2.25. The molecule has 1 saturated carbocycles.